The van der Waals surface area contributed by atoms with Crippen LogP contribution in [0, 0.1) is 9.81 Å². The number of nitrogens with zero attached hydrogens (tertiary/aromatic N) is 4. The van der Waals surface area contributed by atoms with Gasteiger partial charge in [0.15, 0.2) is 0 Å². The van der Waals surface area contributed by atoms with Crippen molar-refractivity contribution in [3.8, 4) is 0 Å². The second-order valence-corrected chi connectivity index (χ2v) is 2.19. The van der Waals surface area contributed by atoms with E-state index < -0.39 is 12.5 Å². The third-order valence-electron chi connectivity index (χ3n) is 1.26. The lowest BCUT2D eigenvalue weighted by Gasteiger charge is -2.03. The molecule has 0 aromatic heterocycles. The third-order valence-corrected chi connectivity index (χ3v) is 1.26. The molecule has 0 aliphatic rings. The van der Waals surface area contributed by atoms with Crippen molar-refractivity contribution in [2.24, 2.45) is 5.29 Å². The summed E-state index contributed by atoms with van der Waals surface area (Å²) in [4.78, 5) is 41.6. The van der Waals surface area contributed by atoms with Crippen LogP contribution >= 0.6 is 0 Å². The van der Waals surface area contributed by atoms with E-state index >= 15 is 0 Å². The molecule has 2 amide bonds. The van der Waals surface area contributed by atoms with Gasteiger partial charge < -0.3 is 0 Å². The fraction of sp³-hybridized carbons (Fsp3) is 0.600. The first-order valence-corrected chi connectivity index (χ1v) is 3.25. The lowest BCUT2D eigenvalue weighted by atomic mass is 10.6. The molecule has 0 aromatic rings. The maximum Gasteiger partial charge on any atom is 0.318 e. The molecular formula is C5H9N4O4+. The molecule has 13 heavy (non-hydrogen) atoms. The molecule has 0 aliphatic heterocycles. The van der Waals surface area contributed by atoms with Crippen LogP contribution in [0.2, 0.25) is 0 Å². The molecule has 72 valence electrons. The number of carbonyl (C=O) groups excluding carboxylic acids is 2. The number of hydrogen-bond donors (Lipinski definition) is 0. The van der Waals surface area contributed by atoms with Gasteiger partial charge in [0.1, 0.15) is 4.87 Å². The van der Waals surface area contributed by atoms with E-state index in [1.165, 1.54) is 7.05 Å². The van der Waals surface area contributed by atoms with E-state index in [1.807, 2.05) is 0 Å². The summed E-state index contributed by atoms with van der Waals surface area (Å²) in [5, 5.41) is 3.40. The van der Waals surface area contributed by atoms with E-state index in [9.17, 15) is 19.4 Å². The molecule has 0 rings (SSSR count). The van der Waals surface area contributed by atoms with Crippen LogP contribution in [0.15, 0.2) is 5.29 Å². The second-order valence-electron chi connectivity index (χ2n) is 2.19. The molecule has 0 bridgehead atoms. The molecule has 0 unspecified atom stereocenters. The van der Waals surface area contributed by atoms with Crippen molar-refractivity contribution in [2.75, 3.05) is 20.6 Å². The number of rotatable bonds is 5. The molecule has 0 saturated heterocycles. The van der Waals surface area contributed by atoms with Gasteiger partial charge in [-0.05, 0) is 0 Å². The lowest BCUT2D eigenvalue weighted by Crippen LogP contribution is -2.36. The van der Waals surface area contributed by atoms with Gasteiger partial charge in [-0.2, -0.15) is 5.01 Å². The summed E-state index contributed by atoms with van der Waals surface area (Å²) < 4.78 is 0. The maximum absolute atomic E-state index is 10.9. The largest absolute Gasteiger partial charge is 0.318 e. The molecule has 0 atom stereocenters. The van der Waals surface area contributed by atoms with E-state index in [1.54, 1.807) is 0 Å². The Hall–Kier alpha value is -1.86. The molecular weight excluding hydrogens is 180 g/mol. The minimum Gasteiger partial charge on any atom is -0.273 e. The molecule has 0 saturated carbocycles. The zero-order valence-electron chi connectivity index (χ0n) is 7.21. The Morgan fingerprint density at radius 3 is 2.46 bits per heavy atom. The quantitative estimate of drug-likeness (QED) is 0.238. The topological polar surface area (TPSA) is 90.1 Å². The summed E-state index contributed by atoms with van der Waals surface area (Å²) in [7, 11) is 2.30. The molecule has 0 spiro atoms. The zero-order valence-corrected chi connectivity index (χ0v) is 7.21. The third kappa shape index (κ3) is 3.36. The first kappa shape index (κ1) is 11.1. The summed E-state index contributed by atoms with van der Waals surface area (Å²) >= 11 is 0. The smallest absolute Gasteiger partial charge is 0.273 e. The number of hydrazine groups is 1. The first-order chi connectivity index (χ1) is 6.02. The van der Waals surface area contributed by atoms with Crippen molar-refractivity contribution >= 4 is 12.3 Å². The van der Waals surface area contributed by atoms with Gasteiger partial charge >= 0.3 is 12.5 Å². The highest BCUT2D eigenvalue weighted by molar-refractivity contribution is 5.76. The molecule has 0 fully saturated rings. The van der Waals surface area contributed by atoms with E-state index in [-0.39, 0.29) is 11.3 Å². The van der Waals surface area contributed by atoms with E-state index in [2.05, 4.69) is 5.29 Å². The van der Waals surface area contributed by atoms with Crippen molar-refractivity contribution in [2.45, 2.75) is 0 Å². The van der Waals surface area contributed by atoms with Crippen molar-refractivity contribution in [1.82, 2.24) is 10.0 Å². The van der Waals surface area contributed by atoms with Gasteiger partial charge in [-0.1, -0.05) is 5.01 Å². The van der Waals surface area contributed by atoms with Crippen LogP contribution in [-0.2, 0) is 9.59 Å². The van der Waals surface area contributed by atoms with Crippen LogP contribution in [-0.4, -0.2) is 47.8 Å². The Morgan fingerprint density at radius 2 is 2.08 bits per heavy atom. The minimum atomic E-state index is -0.793. The first-order valence-electron chi connectivity index (χ1n) is 3.25. The highest BCUT2D eigenvalue weighted by Gasteiger charge is 2.23. The van der Waals surface area contributed by atoms with Crippen molar-refractivity contribution < 1.29 is 14.5 Å². The highest BCUT2D eigenvalue weighted by atomic mass is 16.3. The average Bonchev–Trinajstić information content (AvgIpc) is 2.14. The van der Waals surface area contributed by atoms with Crippen LogP contribution in [0.25, 0.3) is 0 Å². The summed E-state index contributed by atoms with van der Waals surface area (Å²) in [6, 6.07) is 0. The summed E-state index contributed by atoms with van der Waals surface area (Å²) in [5.74, 6) is -0.793. The van der Waals surface area contributed by atoms with Gasteiger partial charge in [-0.25, -0.2) is 0 Å². The average molecular weight is 189 g/mol. The fourth-order valence-electron chi connectivity index (χ4n) is 0.428. The van der Waals surface area contributed by atoms with Gasteiger partial charge in [0.2, 0.25) is 0 Å². The monoisotopic (exact) mass is 189 g/mol. The second kappa shape index (κ2) is 4.91. The van der Waals surface area contributed by atoms with Crippen molar-refractivity contribution in [3.63, 3.8) is 0 Å². The van der Waals surface area contributed by atoms with Gasteiger partial charge in [0.05, 0.1) is 17.2 Å². The molecule has 8 heteroatoms. The van der Waals surface area contributed by atoms with Gasteiger partial charge in [0.25, 0.3) is 6.41 Å². The van der Waals surface area contributed by atoms with E-state index in [0.29, 0.717) is 10.0 Å². The van der Waals surface area contributed by atoms with Gasteiger partial charge in [0, 0.05) is 7.05 Å². The Kier molecular flexibility index (Phi) is 4.20. The Bertz CT molecular complexity index is 217. The van der Waals surface area contributed by atoms with E-state index in [0.717, 1.165) is 7.05 Å². The van der Waals surface area contributed by atoms with Crippen LogP contribution in [0.3, 0.4) is 0 Å². The predicted molar refractivity (Wildman–Crippen MR) is 40.9 cm³/mol. The molecule has 0 heterocycles. The molecule has 8 nitrogen and oxygen atoms in total. The molecule has 0 radical (unpaired) electrons. The normalized spacial score (nSPS) is 8.77. The number of nitroso groups, excluding NO2 is 2. The number of hydrogen-bond acceptors (Lipinski definition) is 5. The fourth-order valence-corrected chi connectivity index (χ4v) is 0.428. The van der Waals surface area contributed by atoms with Gasteiger partial charge in [-0.3, -0.25) is 9.59 Å². The molecule has 0 aromatic carbocycles. The number of likely N-dealkylation sites (N-methyl/N-ethyl adjacent to an activating group) is 1. The van der Waals surface area contributed by atoms with Crippen LogP contribution in [0.4, 0.5) is 0 Å². The summed E-state index contributed by atoms with van der Waals surface area (Å²) in [6.07, 6.45) is 0.245. The minimum absolute atomic E-state index is 0.108. The SMILES string of the molecule is CN(N=O)C(=O)C[N+](=O)N(C)C=O. The molecule has 0 N–H and O–H groups in total. The highest BCUT2D eigenvalue weighted by Crippen LogP contribution is 1.87. The number of amides is 2. The standard InChI is InChI=1S/C5H9N4O4/c1-7(4-10)9(13)3-5(11)8(2)6-12/h4H,3H2,1-2H3/q+1. The van der Waals surface area contributed by atoms with Crippen LogP contribution < -0.4 is 0 Å². The van der Waals surface area contributed by atoms with Crippen LogP contribution in [0.1, 0.15) is 0 Å². The maximum atomic E-state index is 10.9. The summed E-state index contributed by atoms with van der Waals surface area (Å²) in [6.45, 7) is -0.628. The Morgan fingerprint density at radius 1 is 1.54 bits per heavy atom. The Balaban J connectivity index is 4.13. The van der Waals surface area contributed by atoms with Crippen molar-refractivity contribution in [1.29, 1.82) is 0 Å². The predicted octanol–water partition coefficient (Wildman–Crippen LogP) is -1.09. The Labute approximate surface area is 73.6 Å². The molecule has 0 aliphatic carbocycles. The lowest BCUT2D eigenvalue weighted by molar-refractivity contribution is -0.671. The van der Waals surface area contributed by atoms with Crippen LogP contribution in [0.5, 0.6) is 0 Å². The summed E-state index contributed by atoms with van der Waals surface area (Å²) in [5.41, 5.74) is 0. The zero-order chi connectivity index (χ0) is 10.4. The van der Waals surface area contributed by atoms with E-state index in [4.69, 9.17) is 0 Å². The van der Waals surface area contributed by atoms with Crippen molar-refractivity contribution in [3.05, 3.63) is 9.81 Å². The number of carbonyl (C=O) groups is 2. The van der Waals surface area contributed by atoms with Gasteiger partial charge in [-0.15, -0.1) is 4.91 Å².